The zero-order valence-corrected chi connectivity index (χ0v) is 16.4. The fourth-order valence-electron chi connectivity index (χ4n) is 2.70. The van der Waals surface area contributed by atoms with Crippen LogP contribution in [0.2, 0.25) is 0 Å². The Kier molecular flexibility index (Phi) is 6.39. The number of carboxylic acid groups (broad SMARTS) is 1. The summed E-state index contributed by atoms with van der Waals surface area (Å²) in [5.74, 6) is -0.138. The van der Waals surface area contributed by atoms with Gasteiger partial charge in [-0.3, -0.25) is 19.1 Å². The average Bonchev–Trinajstić information content (AvgIpc) is 3.04. The third-order valence-corrected chi connectivity index (χ3v) is 5.08. The quantitative estimate of drug-likeness (QED) is 0.424. The number of para-hydroxylation sites is 1. The van der Waals surface area contributed by atoms with Crippen LogP contribution in [0.4, 0.5) is 0 Å². The van der Waals surface area contributed by atoms with E-state index < -0.39 is 23.3 Å². The molecule has 11 heteroatoms. The smallest absolute Gasteiger partial charge is 0.329 e. The van der Waals surface area contributed by atoms with Crippen molar-refractivity contribution in [2.45, 2.75) is 24.2 Å². The molecule has 29 heavy (non-hydrogen) atoms. The van der Waals surface area contributed by atoms with Crippen molar-refractivity contribution in [2.75, 3.05) is 12.4 Å². The molecule has 0 saturated carbocycles. The maximum absolute atomic E-state index is 12.4. The molecule has 1 atom stereocenters. The Morgan fingerprint density at radius 3 is 2.72 bits per heavy atom. The molecule has 0 saturated heterocycles. The van der Waals surface area contributed by atoms with Gasteiger partial charge in [0.2, 0.25) is 0 Å². The number of aliphatic carboxylic acids is 1. The lowest BCUT2D eigenvalue weighted by Gasteiger charge is -2.15. The van der Waals surface area contributed by atoms with Crippen molar-refractivity contribution in [3.63, 3.8) is 0 Å². The van der Waals surface area contributed by atoms with Gasteiger partial charge in [0, 0.05) is 12.8 Å². The number of ether oxygens (including phenoxy) is 1. The van der Waals surface area contributed by atoms with Crippen molar-refractivity contribution < 1.29 is 19.7 Å². The number of aromatic nitrogens is 4. The molecular weight excluding hydrogens is 400 g/mol. The zero-order valence-electron chi connectivity index (χ0n) is 15.6. The molecule has 3 aromatic rings. The summed E-state index contributed by atoms with van der Waals surface area (Å²) in [7, 11) is 1.47. The van der Waals surface area contributed by atoms with Crippen LogP contribution in [0, 0.1) is 0 Å². The van der Waals surface area contributed by atoms with E-state index in [0.29, 0.717) is 10.9 Å². The maximum Gasteiger partial charge on any atom is 0.329 e. The molecular formula is C18H20N4O6S. The Balaban J connectivity index is 1.88. The molecule has 0 unspecified atom stereocenters. The summed E-state index contributed by atoms with van der Waals surface area (Å²) < 4.78 is 8.23. The molecule has 10 nitrogen and oxygen atoms in total. The molecule has 3 rings (SSSR count). The highest BCUT2D eigenvalue weighted by Gasteiger charge is 2.20. The zero-order chi connectivity index (χ0) is 21.0. The normalized spacial score (nSPS) is 12.2. The summed E-state index contributed by atoms with van der Waals surface area (Å²) in [6.45, 7) is -0.0351. The third kappa shape index (κ3) is 4.87. The molecule has 0 spiro atoms. The number of rotatable bonds is 9. The number of fused-ring (bicyclic) bond motifs is 1. The van der Waals surface area contributed by atoms with Crippen LogP contribution in [0.1, 0.15) is 6.42 Å². The lowest BCUT2D eigenvalue weighted by atomic mass is 10.3. The highest BCUT2D eigenvalue weighted by molar-refractivity contribution is 7.99. The van der Waals surface area contributed by atoms with Gasteiger partial charge in [-0.1, -0.05) is 30.0 Å². The number of aryl methyl sites for hydroxylation is 1. The van der Waals surface area contributed by atoms with Gasteiger partial charge in [-0.25, -0.2) is 9.78 Å². The van der Waals surface area contributed by atoms with Crippen LogP contribution in [0.5, 0.6) is 5.75 Å². The number of nitrogens with one attached hydrogen (secondary N) is 1. The largest absolute Gasteiger partial charge is 0.491 e. The van der Waals surface area contributed by atoms with Crippen molar-refractivity contribution in [3.05, 3.63) is 51.2 Å². The van der Waals surface area contributed by atoms with Crippen molar-refractivity contribution in [1.29, 1.82) is 0 Å². The number of aliphatic hydroxyl groups is 1. The van der Waals surface area contributed by atoms with E-state index in [9.17, 15) is 19.5 Å². The van der Waals surface area contributed by atoms with E-state index in [-0.39, 0.29) is 36.5 Å². The van der Waals surface area contributed by atoms with Gasteiger partial charge < -0.3 is 19.5 Å². The molecule has 0 radical (unpaired) electrons. The second-order valence-corrected chi connectivity index (χ2v) is 7.33. The van der Waals surface area contributed by atoms with Gasteiger partial charge >= 0.3 is 11.7 Å². The SMILES string of the molecule is Cn1c(=O)[nH]c(=O)c2c1nc(SCCC(=O)O)n2C[C@H](O)COc1ccccc1. The first-order valence-corrected chi connectivity index (χ1v) is 9.75. The Morgan fingerprint density at radius 2 is 2.03 bits per heavy atom. The van der Waals surface area contributed by atoms with E-state index in [1.165, 1.54) is 16.2 Å². The fraction of sp³-hybridized carbons (Fsp3) is 0.333. The number of hydrogen-bond donors (Lipinski definition) is 3. The summed E-state index contributed by atoms with van der Waals surface area (Å²) in [4.78, 5) is 41.6. The van der Waals surface area contributed by atoms with E-state index >= 15 is 0 Å². The van der Waals surface area contributed by atoms with Crippen LogP contribution >= 0.6 is 11.8 Å². The molecule has 0 bridgehead atoms. The predicted octanol–water partition coefficient (Wildman–Crippen LogP) is 0.430. The lowest BCUT2D eigenvalue weighted by Crippen LogP contribution is -2.30. The van der Waals surface area contributed by atoms with Gasteiger partial charge in [0.15, 0.2) is 16.3 Å². The molecule has 2 heterocycles. The van der Waals surface area contributed by atoms with E-state index in [4.69, 9.17) is 9.84 Å². The first-order chi connectivity index (χ1) is 13.9. The van der Waals surface area contributed by atoms with Crippen LogP contribution in [0.3, 0.4) is 0 Å². The topological polar surface area (TPSA) is 139 Å². The minimum Gasteiger partial charge on any atom is -0.491 e. The molecule has 3 N–H and O–H groups in total. The van der Waals surface area contributed by atoms with Gasteiger partial charge in [0.25, 0.3) is 5.56 Å². The minimum atomic E-state index is -0.969. The molecule has 0 amide bonds. The Morgan fingerprint density at radius 1 is 1.31 bits per heavy atom. The fourth-order valence-corrected chi connectivity index (χ4v) is 3.63. The highest BCUT2D eigenvalue weighted by Crippen LogP contribution is 2.22. The van der Waals surface area contributed by atoms with Gasteiger partial charge in [0.05, 0.1) is 13.0 Å². The van der Waals surface area contributed by atoms with Crippen molar-refractivity contribution in [1.82, 2.24) is 19.1 Å². The van der Waals surface area contributed by atoms with Crippen molar-refractivity contribution in [3.8, 4) is 5.75 Å². The van der Waals surface area contributed by atoms with Gasteiger partial charge in [-0.05, 0) is 12.1 Å². The molecule has 0 aliphatic rings. The number of imidazole rings is 1. The summed E-state index contributed by atoms with van der Waals surface area (Å²) in [5.41, 5.74) is -0.949. The number of aliphatic hydroxyl groups excluding tert-OH is 1. The van der Waals surface area contributed by atoms with Crippen molar-refractivity contribution >= 4 is 28.9 Å². The van der Waals surface area contributed by atoms with E-state index in [0.717, 1.165) is 11.8 Å². The summed E-state index contributed by atoms with van der Waals surface area (Å²) in [5, 5.41) is 19.6. The van der Waals surface area contributed by atoms with Crippen LogP contribution in [-0.2, 0) is 18.4 Å². The molecule has 154 valence electrons. The Bertz CT molecular complexity index is 1120. The number of thioether (sulfide) groups is 1. The second-order valence-electron chi connectivity index (χ2n) is 6.27. The third-order valence-electron chi connectivity index (χ3n) is 4.10. The first kappa shape index (κ1) is 20.7. The Hall–Kier alpha value is -3.05. The molecule has 1 aromatic carbocycles. The van der Waals surface area contributed by atoms with Crippen LogP contribution < -0.4 is 16.0 Å². The Labute approximate surface area is 168 Å². The molecule has 0 aliphatic heterocycles. The molecule has 2 aromatic heterocycles. The standard InChI is InChI=1S/C18H20N4O6S/c1-21-15-14(16(26)20-17(21)27)22(18(19-15)29-8-7-13(24)25)9-11(23)10-28-12-5-3-2-4-6-12/h2-6,11,23H,7-10H2,1H3,(H,24,25)(H,20,26,27)/t11-/m0/s1. The number of aromatic amines is 1. The van der Waals surface area contributed by atoms with Gasteiger partial charge in [0.1, 0.15) is 18.5 Å². The van der Waals surface area contributed by atoms with E-state index in [1.54, 1.807) is 12.1 Å². The highest BCUT2D eigenvalue weighted by atomic mass is 32.2. The van der Waals surface area contributed by atoms with Crippen LogP contribution in [-0.4, -0.2) is 53.7 Å². The van der Waals surface area contributed by atoms with Crippen LogP contribution in [0.25, 0.3) is 11.2 Å². The van der Waals surface area contributed by atoms with Gasteiger partial charge in [-0.2, -0.15) is 0 Å². The number of nitrogens with zero attached hydrogens (tertiary/aromatic N) is 3. The molecule has 0 fully saturated rings. The van der Waals surface area contributed by atoms with Gasteiger partial charge in [-0.15, -0.1) is 0 Å². The summed E-state index contributed by atoms with van der Waals surface area (Å²) in [6.07, 6.45) is -1.06. The molecule has 0 aliphatic carbocycles. The summed E-state index contributed by atoms with van der Waals surface area (Å²) in [6, 6.07) is 8.97. The van der Waals surface area contributed by atoms with E-state index in [1.807, 2.05) is 18.2 Å². The van der Waals surface area contributed by atoms with Crippen molar-refractivity contribution in [2.24, 2.45) is 7.05 Å². The average molecular weight is 420 g/mol. The summed E-state index contributed by atoms with van der Waals surface area (Å²) >= 11 is 1.13. The second kappa shape index (κ2) is 8.97. The minimum absolute atomic E-state index is 0.0139. The lowest BCUT2D eigenvalue weighted by molar-refractivity contribution is -0.136. The van der Waals surface area contributed by atoms with E-state index in [2.05, 4.69) is 9.97 Å². The number of carboxylic acids is 1. The predicted molar refractivity (Wildman–Crippen MR) is 107 cm³/mol. The number of H-pyrrole nitrogens is 1. The number of carbonyl (C=O) groups is 1. The number of benzene rings is 1. The first-order valence-electron chi connectivity index (χ1n) is 8.77. The number of hydrogen-bond acceptors (Lipinski definition) is 7. The monoisotopic (exact) mass is 420 g/mol. The maximum atomic E-state index is 12.4. The van der Waals surface area contributed by atoms with Crippen LogP contribution in [0.15, 0.2) is 45.1 Å².